The highest BCUT2D eigenvalue weighted by atomic mass is 19.4. The van der Waals surface area contributed by atoms with Crippen molar-refractivity contribution >= 4 is 0 Å². The zero-order chi connectivity index (χ0) is 23.6. The third kappa shape index (κ3) is 5.00. The van der Waals surface area contributed by atoms with E-state index in [1.54, 1.807) is 30.3 Å². The SMILES string of the molecule is CCCc1ccc(-c2ccc(-c3ccc(-c4ccc(C)cc4)c(F)c3)cc2C(F)(F)F)cc1. The molecule has 0 spiro atoms. The zero-order valence-electron chi connectivity index (χ0n) is 18.5. The van der Waals surface area contributed by atoms with Crippen molar-refractivity contribution in [1.82, 2.24) is 0 Å². The molecule has 4 rings (SSSR count). The van der Waals surface area contributed by atoms with Gasteiger partial charge in [-0.05, 0) is 58.9 Å². The zero-order valence-corrected chi connectivity index (χ0v) is 18.5. The third-order valence-corrected chi connectivity index (χ3v) is 5.79. The van der Waals surface area contributed by atoms with Crippen LogP contribution in [0.1, 0.15) is 30.0 Å². The lowest BCUT2D eigenvalue weighted by atomic mass is 9.93. The van der Waals surface area contributed by atoms with Crippen molar-refractivity contribution in [2.75, 3.05) is 0 Å². The van der Waals surface area contributed by atoms with Crippen LogP contribution in [-0.2, 0) is 12.6 Å². The maximum atomic E-state index is 14.9. The Labute approximate surface area is 191 Å². The van der Waals surface area contributed by atoms with Gasteiger partial charge in [0.05, 0.1) is 5.56 Å². The maximum Gasteiger partial charge on any atom is 0.417 e. The number of rotatable bonds is 5. The molecular formula is C29H24F4. The van der Waals surface area contributed by atoms with Crippen LogP contribution < -0.4 is 0 Å². The van der Waals surface area contributed by atoms with E-state index in [1.165, 1.54) is 12.1 Å². The first-order valence-corrected chi connectivity index (χ1v) is 10.9. The van der Waals surface area contributed by atoms with E-state index >= 15 is 0 Å². The van der Waals surface area contributed by atoms with E-state index < -0.39 is 17.6 Å². The minimum Gasteiger partial charge on any atom is -0.206 e. The highest BCUT2D eigenvalue weighted by Crippen LogP contribution is 2.40. The van der Waals surface area contributed by atoms with Crippen molar-refractivity contribution < 1.29 is 17.6 Å². The van der Waals surface area contributed by atoms with Crippen LogP contribution in [0.4, 0.5) is 17.6 Å². The van der Waals surface area contributed by atoms with Gasteiger partial charge in [0.15, 0.2) is 0 Å². The number of benzene rings is 4. The third-order valence-electron chi connectivity index (χ3n) is 5.79. The molecule has 0 aromatic heterocycles. The highest BCUT2D eigenvalue weighted by Gasteiger charge is 2.34. The van der Waals surface area contributed by atoms with Crippen LogP contribution in [-0.4, -0.2) is 0 Å². The van der Waals surface area contributed by atoms with Gasteiger partial charge in [-0.15, -0.1) is 0 Å². The topological polar surface area (TPSA) is 0 Å². The standard InChI is InChI=1S/C29H24F4/c1-3-4-20-7-11-21(12-8-20)25-15-13-23(17-27(25)29(31,32)33)24-14-16-26(28(30)18-24)22-9-5-19(2)6-10-22/h5-18H,3-4H2,1-2H3. The largest absolute Gasteiger partial charge is 0.417 e. The van der Waals surface area contributed by atoms with Crippen LogP contribution in [0, 0.1) is 12.7 Å². The van der Waals surface area contributed by atoms with Gasteiger partial charge in [0.2, 0.25) is 0 Å². The van der Waals surface area contributed by atoms with E-state index in [0.717, 1.165) is 35.6 Å². The van der Waals surface area contributed by atoms with Gasteiger partial charge < -0.3 is 0 Å². The van der Waals surface area contributed by atoms with Gasteiger partial charge in [0, 0.05) is 5.56 Å². The smallest absolute Gasteiger partial charge is 0.206 e. The summed E-state index contributed by atoms with van der Waals surface area (Å²) in [7, 11) is 0. The predicted molar refractivity (Wildman–Crippen MR) is 126 cm³/mol. The Morgan fingerprint density at radius 1 is 0.636 bits per heavy atom. The lowest BCUT2D eigenvalue weighted by molar-refractivity contribution is -0.137. The summed E-state index contributed by atoms with van der Waals surface area (Å²) in [5.41, 5.74) is 3.92. The summed E-state index contributed by atoms with van der Waals surface area (Å²) in [5, 5.41) is 0. The van der Waals surface area contributed by atoms with Gasteiger partial charge >= 0.3 is 6.18 Å². The van der Waals surface area contributed by atoms with E-state index in [0.29, 0.717) is 22.3 Å². The van der Waals surface area contributed by atoms with Crippen molar-refractivity contribution in [2.45, 2.75) is 32.9 Å². The molecule has 0 aliphatic rings. The molecule has 0 nitrogen and oxygen atoms in total. The summed E-state index contributed by atoms with van der Waals surface area (Å²) in [6, 6.07) is 23.4. The fraction of sp³-hybridized carbons (Fsp3) is 0.172. The molecule has 168 valence electrons. The summed E-state index contributed by atoms with van der Waals surface area (Å²) < 4.78 is 56.7. The van der Waals surface area contributed by atoms with Crippen LogP contribution in [0.3, 0.4) is 0 Å². The minimum atomic E-state index is -4.53. The van der Waals surface area contributed by atoms with Crippen molar-refractivity contribution in [1.29, 1.82) is 0 Å². The van der Waals surface area contributed by atoms with Crippen LogP contribution in [0.5, 0.6) is 0 Å². The predicted octanol–water partition coefficient (Wildman–Crippen LogP) is 9.11. The molecule has 0 fully saturated rings. The van der Waals surface area contributed by atoms with Gasteiger partial charge in [-0.3, -0.25) is 0 Å². The molecule has 0 radical (unpaired) electrons. The molecular weight excluding hydrogens is 424 g/mol. The Balaban J connectivity index is 1.73. The molecule has 0 heterocycles. The molecule has 4 aromatic rings. The first kappa shape index (κ1) is 22.8. The van der Waals surface area contributed by atoms with Crippen LogP contribution >= 0.6 is 0 Å². The summed E-state index contributed by atoms with van der Waals surface area (Å²) >= 11 is 0. The van der Waals surface area contributed by atoms with Gasteiger partial charge in [-0.1, -0.05) is 91.7 Å². The Morgan fingerprint density at radius 2 is 1.15 bits per heavy atom. The van der Waals surface area contributed by atoms with Crippen LogP contribution in [0.2, 0.25) is 0 Å². The van der Waals surface area contributed by atoms with Crippen molar-refractivity contribution in [3.8, 4) is 33.4 Å². The van der Waals surface area contributed by atoms with E-state index in [2.05, 4.69) is 6.92 Å². The van der Waals surface area contributed by atoms with Crippen molar-refractivity contribution in [3.05, 3.63) is 107 Å². The van der Waals surface area contributed by atoms with Gasteiger partial charge in [-0.2, -0.15) is 13.2 Å². The Hall–Kier alpha value is -3.40. The molecule has 0 saturated heterocycles. The Morgan fingerprint density at radius 3 is 1.73 bits per heavy atom. The average Bonchev–Trinajstić information content (AvgIpc) is 2.80. The second kappa shape index (κ2) is 9.22. The van der Waals surface area contributed by atoms with Crippen LogP contribution in [0.25, 0.3) is 33.4 Å². The molecule has 4 heteroatoms. The Bertz CT molecular complexity index is 1250. The molecule has 0 atom stereocenters. The van der Waals surface area contributed by atoms with Gasteiger partial charge in [0.25, 0.3) is 0 Å². The molecule has 0 amide bonds. The molecule has 0 N–H and O–H groups in total. The maximum absolute atomic E-state index is 14.9. The molecule has 33 heavy (non-hydrogen) atoms. The first-order valence-electron chi connectivity index (χ1n) is 10.9. The van der Waals surface area contributed by atoms with E-state index in [-0.39, 0.29) is 5.56 Å². The monoisotopic (exact) mass is 448 g/mol. The molecule has 0 saturated carbocycles. The number of alkyl halides is 3. The number of halogens is 4. The fourth-order valence-electron chi connectivity index (χ4n) is 4.01. The quantitative estimate of drug-likeness (QED) is 0.267. The lowest BCUT2D eigenvalue weighted by Crippen LogP contribution is -2.07. The number of hydrogen-bond acceptors (Lipinski definition) is 0. The molecule has 4 aromatic carbocycles. The molecule has 0 aliphatic heterocycles. The minimum absolute atomic E-state index is 0.117. The number of aryl methyl sites for hydroxylation is 2. The normalized spacial score (nSPS) is 11.6. The molecule has 0 unspecified atom stereocenters. The van der Waals surface area contributed by atoms with E-state index in [9.17, 15) is 17.6 Å². The highest BCUT2D eigenvalue weighted by molar-refractivity contribution is 5.76. The molecule has 0 aliphatic carbocycles. The Kier molecular flexibility index (Phi) is 6.37. The van der Waals surface area contributed by atoms with Gasteiger partial charge in [0.1, 0.15) is 5.82 Å². The average molecular weight is 449 g/mol. The summed E-state index contributed by atoms with van der Waals surface area (Å²) in [6.45, 7) is 4.01. The van der Waals surface area contributed by atoms with Crippen molar-refractivity contribution in [2.24, 2.45) is 0 Å². The van der Waals surface area contributed by atoms with Crippen LogP contribution in [0.15, 0.2) is 84.9 Å². The summed E-state index contributed by atoms with van der Waals surface area (Å²) in [6.07, 6.45) is -2.68. The summed E-state index contributed by atoms with van der Waals surface area (Å²) in [5.74, 6) is -0.472. The molecule has 0 bridgehead atoms. The first-order chi connectivity index (χ1) is 15.8. The van der Waals surface area contributed by atoms with Gasteiger partial charge in [-0.25, -0.2) is 4.39 Å². The lowest BCUT2D eigenvalue weighted by Gasteiger charge is -2.16. The van der Waals surface area contributed by atoms with E-state index in [1.807, 2.05) is 43.3 Å². The van der Waals surface area contributed by atoms with Crippen molar-refractivity contribution in [3.63, 3.8) is 0 Å². The number of hydrogen-bond donors (Lipinski definition) is 0. The van der Waals surface area contributed by atoms with E-state index in [4.69, 9.17) is 0 Å². The fourth-order valence-corrected chi connectivity index (χ4v) is 4.01. The second-order valence-corrected chi connectivity index (χ2v) is 8.27. The summed E-state index contributed by atoms with van der Waals surface area (Å²) in [4.78, 5) is 0. The second-order valence-electron chi connectivity index (χ2n) is 8.27.